The molecule has 2 N–H and O–H groups in total. The van der Waals surface area contributed by atoms with Gasteiger partial charge in [0.05, 0.1) is 23.9 Å². The maximum atomic E-state index is 13.3. The number of amides is 1. The smallest absolute Gasteiger partial charge is 0.376 e. The number of benzene rings is 2. The molecule has 0 fully saturated rings. The molecule has 0 spiro atoms. The van der Waals surface area contributed by atoms with E-state index in [0.717, 1.165) is 30.5 Å². The fourth-order valence-corrected chi connectivity index (χ4v) is 1.83. The van der Waals surface area contributed by atoms with Crippen LogP contribution in [0.15, 0.2) is 47.6 Å². The number of rotatable bonds is 5. The molecule has 0 heterocycles. The number of anilines is 1. The summed E-state index contributed by atoms with van der Waals surface area (Å²) in [6, 6.07) is 7.55. The Morgan fingerprint density at radius 1 is 1.08 bits per heavy atom. The minimum Gasteiger partial charge on any atom is -0.376 e. The lowest BCUT2D eigenvalue weighted by molar-refractivity contribution is -0.137. The Hall–Kier alpha value is -2.97. The van der Waals surface area contributed by atoms with E-state index in [2.05, 4.69) is 10.4 Å². The van der Waals surface area contributed by atoms with Crippen molar-refractivity contribution in [2.24, 2.45) is 5.10 Å². The van der Waals surface area contributed by atoms with Gasteiger partial charge < -0.3 is 5.32 Å². The number of carbonyl (C=O) groups excluding carboxylic acids is 1. The summed E-state index contributed by atoms with van der Waals surface area (Å²) in [6.07, 6.45) is -3.69. The molecule has 2 aromatic carbocycles. The number of hydrogen-bond acceptors (Lipinski definition) is 3. The third kappa shape index (κ3) is 5.27. The lowest BCUT2D eigenvalue weighted by Gasteiger charge is -2.10. The van der Waals surface area contributed by atoms with Gasteiger partial charge in [0.15, 0.2) is 0 Å². The molecule has 0 aliphatic rings. The second-order valence-corrected chi connectivity index (χ2v) is 4.86. The fourth-order valence-electron chi connectivity index (χ4n) is 1.83. The maximum Gasteiger partial charge on any atom is 0.416 e. The van der Waals surface area contributed by atoms with Crippen molar-refractivity contribution < 1.29 is 26.7 Å². The lowest BCUT2D eigenvalue weighted by atomic mass is 10.2. The van der Waals surface area contributed by atoms with Crippen molar-refractivity contribution in [3.63, 3.8) is 0 Å². The van der Waals surface area contributed by atoms with Crippen LogP contribution in [0.5, 0.6) is 0 Å². The van der Waals surface area contributed by atoms with Crippen molar-refractivity contribution >= 4 is 17.8 Å². The van der Waals surface area contributed by atoms with Gasteiger partial charge in [-0.05, 0) is 30.3 Å². The average Bonchev–Trinajstić information content (AvgIpc) is 2.55. The van der Waals surface area contributed by atoms with Gasteiger partial charge in [-0.2, -0.15) is 18.3 Å². The van der Waals surface area contributed by atoms with Gasteiger partial charge in [-0.25, -0.2) is 14.2 Å². The SMILES string of the molecule is O=C(CNc1cccc(C(F)(F)F)c1)N/N=C/c1c(F)cccc1F. The van der Waals surface area contributed by atoms with Crippen LogP contribution in [-0.2, 0) is 11.0 Å². The third-order valence-electron chi connectivity index (χ3n) is 3.03. The molecule has 0 radical (unpaired) electrons. The molecule has 0 atom stereocenters. The number of nitrogens with zero attached hydrogens (tertiary/aromatic N) is 1. The van der Waals surface area contributed by atoms with E-state index in [0.29, 0.717) is 0 Å². The van der Waals surface area contributed by atoms with Gasteiger partial charge in [-0.3, -0.25) is 4.79 Å². The number of alkyl halides is 3. The first-order valence-corrected chi connectivity index (χ1v) is 6.94. The molecular formula is C16H12F5N3O. The fraction of sp³-hybridized carbons (Fsp3) is 0.125. The standard InChI is InChI=1S/C16H12F5N3O/c17-13-5-2-6-14(18)12(13)8-23-24-15(25)9-22-11-4-1-3-10(7-11)16(19,20)21/h1-8,22H,9H2,(H,24,25)/b23-8+. The summed E-state index contributed by atoms with van der Waals surface area (Å²) in [4.78, 5) is 11.6. The van der Waals surface area contributed by atoms with Crippen LogP contribution in [0.25, 0.3) is 0 Å². The zero-order valence-corrected chi connectivity index (χ0v) is 12.6. The van der Waals surface area contributed by atoms with E-state index >= 15 is 0 Å². The zero-order chi connectivity index (χ0) is 18.4. The van der Waals surface area contributed by atoms with Gasteiger partial charge in [0.1, 0.15) is 11.6 Å². The number of hydrogen-bond donors (Lipinski definition) is 2. The van der Waals surface area contributed by atoms with Crippen LogP contribution in [0.1, 0.15) is 11.1 Å². The normalized spacial score (nSPS) is 11.6. The molecule has 0 aromatic heterocycles. The lowest BCUT2D eigenvalue weighted by Crippen LogP contribution is -2.26. The van der Waals surface area contributed by atoms with Crippen molar-refractivity contribution in [2.45, 2.75) is 6.18 Å². The minimum absolute atomic E-state index is 0.0918. The Morgan fingerprint density at radius 3 is 2.36 bits per heavy atom. The van der Waals surface area contributed by atoms with Crippen LogP contribution in [0.2, 0.25) is 0 Å². The highest BCUT2D eigenvalue weighted by Gasteiger charge is 2.30. The van der Waals surface area contributed by atoms with Gasteiger partial charge in [0.25, 0.3) is 5.91 Å². The molecule has 2 rings (SSSR count). The first-order chi connectivity index (χ1) is 11.8. The molecule has 0 aliphatic heterocycles. The summed E-state index contributed by atoms with van der Waals surface area (Å²) in [5, 5.41) is 5.90. The summed E-state index contributed by atoms with van der Waals surface area (Å²) in [6.45, 7) is -0.377. The number of halogens is 5. The van der Waals surface area contributed by atoms with E-state index in [-0.39, 0.29) is 12.2 Å². The van der Waals surface area contributed by atoms with Crippen molar-refractivity contribution in [3.8, 4) is 0 Å². The molecule has 0 saturated heterocycles. The topological polar surface area (TPSA) is 53.5 Å². The number of hydrazone groups is 1. The molecule has 25 heavy (non-hydrogen) atoms. The predicted molar refractivity (Wildman–Crippen MR) is 82.0 cm³/mol. The molecule has 2 aromatic rings. The van der Waals surface area contributed by atoms with Gasteiger partial charge in [-0.1, -0.05) is 12.1 Å². The monoisotopic (exact) mass is 357 g/mol. The zero-order valence-electron chi connectivity index (χ0n) is 12.6. The Morgan fingerprint density at radius 2 is 1.72 bits per heavy atom. The Balaban J connectivity index is 1.90. The van der Waals surface area contributed by atoms with Gasteiger partial charge >= 0.3 is 6.18 Å². The molecule has 4 nitrogen and oxygen atoms in total. The van der Waals surface area contributed by atoms with Crippen molar-refractivity contribution in [2.75, 3.05) is 11.9 Å². The highest BCUT2D eigenvalue weighted by atomic mass is 19.4. The van der Waals surface area contributed by atoms with Crippen molar-refractivity contribution in [3.05, 3.63) is 65.2 Å². The molecule has 9 heteroatoms. The summed E-state index contributed by atoms with van der Waals surface area (Å²) in [5.74, 6) is -2.40. The maximum absolute atomic E-state index is 13.3. The quantitative estimate of drug-likeness (QED) is 0.489. The van der Waals surface area contributed by atoms with Crippen LogP contribution < -0.4 is 10.7 Å². The number of carbonyl (C=O) groups is 1. The molecule has 0 bridgehead atoms. The molecule has 132 valence electrons. The summed E-state index contributed by atoms with van der Waals surface area (Å²) in [7, 11) is 0. The highest BCUT2D eigenvalue weighted by molar-refractivity contribution is 5.84. The first kappa shape index (κ1) is 18.4. The number of nitrogens with one attached hydrogen (secondary N) is 2. The van der Waals surface area contributed by atoms with Gasteiger partial charge in [-0.15, -0.1) is 0 Å². The van der Waals surface area contributed by atoms with E-state index in [1.54, 1.807) is 0 Å². The Bertz CT molecular complexity index is 769. The summed E-state index contributed by atoms with van der Waals surface area (Å²) < 4.78 is 64.4. The molecule has 0 saturated carbocycles. The van der Waals surface area contributed by atoms with Crippen molar-refractivity contribution in [1.82, 2.24) is 5.43 Å². The Labute approximate surface area is 139 Å². The Kier molecular flexibility index (Phi) is 5.68. The summed E-state index contributed by atoms with van der Waals surface area (Å²) in [5.41, 5.74) is 0.827. The minimum atomic E-state index is -4.49. The first-order valence-electron chi connectivity index (χ1n) is 6.94. The van der Waals surface area contributed by atoms with Crippen LogP contribution in [-0.4, -0.2) is 18.7 Å². The summed E-state index contributed by atoms with van der Waals surface area (Å²) >= 11 is 0. The van der Waals surface area contributed by atoms with E-state index in [4.69, 9.17) is 0 Å². The molecule has 0 unspecified atom stereocenters. The average molecular weight is 357 g/mol. The van der Waals surface area contributed by atoms with Gasteiger partial charge in [0, 0.05) is 5.69 Å². The van der Waals surface area contributed by atoms with E-state index < -0.39 is 34.8 Å². The predicted octanol–water partition coefficient (Wildman–Crippen LogP) is 3.55. The molecule has 0 aliphatic carbocycles. The van der Waals surface area contributed by atoms with Crippen LogP contribution in [0, 0.1) is 11.6 Å². The van der Waals surface area contributed by atoms with E-state index in [9.17, 15) is 26.7 Å². The third-order valence-corrected chi connectivity index (χ3v) is 3.03. The largest absolute Gasteiger partial charge is 0.416 e. The van der Waals surface area contributed by atoms with E-state index in [1.807, 2.05) is 5.43 Å². The highest BCUT2D eigenvalue weighted by Crippen LogP contribution is 2.30. The van der Waals surface area contributed by atoms with Crippen LogP contribution in [0.3, 0.4) is 0 Å². The molecular weight excluding hydrogens is 345 g/mol. The molecule has 1 amide bonds. The van der Waals surface area contributed by atoms with E-state index in [1.165, 1.54) is 18.2 Å². The van der Waals surface area contributed by atoms with Crippen molar-refractivity contribution in [1.29, 1.82) is 0 Å². The second kappa shape index (κ2) is 7.73. The van der Waals surface area contributed by atoms with Gasteiger partial charge in [0.2, 0.25) is 0 Å². The van der Waals surface area contributed by atoms with Crippen LogP contribution >= 0.6 is 0 Å². The van der Waals surface area contributed by atoms with Crippen LogP contribution in [0.4, 0.5) is 27.6 Å². The second-order valence-electron chi connectivity index (χ2n) is 4.86.